The number of nitrogens with zero attached hydrogens (tertiary/aromatic N) is 4. The third-order valence-electron chi connectivity index (χ3n) is 4.95. The average Bonchev–Trinajstić information content (AvgIpc) is 3.45. The molecule has 4 aromatic heterocycles. The Balaban J connectivity index is 1.62. The molecule has 1 amide bonds. The number of fused-ring (bicyclic) bond motifs is 2. The molecule has 5 rings (SSSR count). The maximum Gasteiger partial charge on any atom is 0.420 e. The normalized spacial score (nSPS) is 13.8. The Morgan fingerprint density at radius 2 is 2.03 bits per heavy atom. The molecule has 152 valence electrons. The van der Waals surface area contributed by atoms with E-state index in [1.807, 2.05) is 6.07 Å². The first-order valence-electron chi connectivity index (χ1n) is 8.87. The quantitative estimate of drug-likeness (QED) is 0.455. The molecule has 0 unspecified atom stereocenters. The summed E-state index contributed by atoms with van der Waals surface area (Å²) in [5.74, 6) is -0.324. The molecule has 0 N–H and O–H groups in total. The minimum absolute atomic E-state index is 0.163. The molecule has 10 heteroatoms. The van der Waals surface area contributed by atoms with Gasteiger partial charge in [0.05, 0.1) is 24.1 Å². The second kappa shape index (κ2) is 6.60. The standard InChI is InChI=1S/C20H12ClF3N4O2/c21-17-16(19(29)27-8-11-3-1-5-25-14(11)10-27)26-18-13(20(22,23)24)7-12(9-28(17)18)15-4-2-6-30-15/h1-7,9H,8,10H2. The van der Waals surface area contributed by atoms with E-state index in [1.54, 1.807) is 18.3 Å². The second-order valence-corrected chi connectivity index (χ2v) is 7.19. The fourth-order valence-corrected chi connectivity index (χ4v) is 3.78. The highest BCUT2D eigenvalue weighted by molar-refractivity contribution is 6.33. The number of pyridine rings is 2. The molecule has 1 aliphatic rings. The van der Waals surface area contributed by atoms with E-state index in [-0.39, 0.29) is 35.3 Å². The predicted molar refractivity (Wildman–Crippen MR) is 101 cm³/mol. The van der Waals surface area contributed by atoms with E-state index in [0.717, 1.165) is 21.7 Å². The Morgan fingerprint density at radius 3 is 2.73 bits per heavy atom. The first-order chi connectivity index (χ1) is 14.3. The number of hydrogen-bond acceptors (Lipinski definition) is 4. The largest absolute Gasteiger partial charge is 0.464 e. The number of alkyl halides is 3. The summed E-state index contributed by atoms with van der Waals surface area (Å²) in [6, 6.07) is 7.64. The molecule has 0 saturated carbocycles. The van der Waals surface area contributed by atoms with Crippen molar-refractivity contribution >= 4 is 23.2 Å². The fourth-order valence-electron chi connectivity index (χ4n) is 3.53. The monoisotopic (exact) mass is 432 g/mol. The van der Waals surface area contributed by atoms with Crippen molar-refractivity contribution in [2.24, 2.45) is 0 Å². The first-order valence-corrected chi connectivity index (χ1v) is 9.25. The molecule has 0 spiro atoms. The van der Waals surface area contributed by atoms with Crippen molar-refractivity contribution in [3.8, 4) is 11.3 Å². The molecule has 0 fully saturated rings. The number of furan rings is 1. The van der Waals surface area contributed by atoms with Gasteiger partial charge in [-0.05, 0) is 29.8 Å². The van der Waals surface area contributed by atoms with Gasteiger partial charge in [-0.1, -0.05) is 17.7 Å². The van der Waals surface area contributed by atoms with Crippen LogP contribution in [0, 0.1) is 0 Å². The van der Waals surface area contributed by atoms with Gasteiger partial charge >= 0.3 is 6.18 Å². The maximum atomic E-state index is 13.7. The van der Waals surface area contributed by atoms with Crippen molar-refractivity contribution in [2.75, 3.05) is 0 Å². The van der Waals surface area contributed by atoms with E-state index >= 15 is 0 Å². The van der Waals surface area contributed by atoms with Crippen molar-refractivity contribution in [3.05, 3.63) is 76.7 Å². The molecular formula is C20H12ClF3N4O2. The third-order valence-corrected chi connectivity index (χ3v) is 5.31. The molecule has 0 radical (unpaired) electrons. The molecule has 0 saturated heterocycles. The van der Waals surface area contributed by atoms with Gasteiger partial charge in [0.1, 0.15) is 10.9 Å². The summed E-state index contributed by atoms with van der Waals surface area (Å²) in [6.07, 6.45) is -0.352. The SMILES string of the molecule is O=C(c1nc2c(C(F)(F)F)cc(-c3ccco3)cn2c1Cl)N1Cc2cccnc2C1. The molecule has 0 bridgehead atoms. The van der Waals surface area contributed by atoms with Gasteiger partial charge in [0.2, 0.25) is 0 Å². The third kappa shape index (κ3) is 2.93. The van der Waals surface area contributed by atoms with E-state index in [4.69, 9.17) is 16.0 Å². The minimum Gasteiger partial charge on any atom is -0.464 e. The average molecular weight is 433 g/mol. The van der Waals surface area contributed by atoms with E-state index in [1.165, 1.54) is 23.4 Å². The molecule has 0 aromatic carbocycles. The molecule has 1 aliphatic heterocycles. The van der Waals surface area contributed by atoms with Gasteiger partial charge in [-0.15, -0.1) is 0 Å². The fraction of sp³-hybridized carbons (Fsp3) is 0.150. The molecule has 5 heterocycles. The van der Waals surface area contributed by atoms with Crippen molar-refractivity contribution in [1.29, 1.82) is 0 Å². The van der Waals surface area contributed by atoms with Gasteiger partial charge in [-0.3, -0.25) is 14.2 Å². The second-order valence-electron chi connectivity index (χ2n) is 6.83. The lowest BCUT2D eigenvalue weighted by atomic mass is 10.1. The summed E-state index contributed by atoms with van der Waals surface area (Å²) in [7, 11) is 0. The Kier molecular flexibility index (Phi) is 4.11. The number of aromatic nitrogens is 3. The number of imidazole rings is 1. The predicted octanol–water partition coefficient (Wildman–Crippen LogP) is 4.82. The summed E-state index contributed by atoms with van der Waals surface area (Å²) in [6.45, 7) is 0.527. The summed E-state index contributed by atoms with van der Waals surface area (Å²) in [4.78, 5) is 22.7. The van der Waals surface area contributed by atoms with Crippen LogP contribution in [0.1, 0.15) is 27.3 Å². The zero-order valence-corrected chi connectivity index (χ0v) is 15.9. The van der Waals surface area contributed by atoms with Crippen molar-refractivity contribution in [1.82, 2.24) is 19.3 Å². The number of carbonyl (C=O) groups excluding carboxylic acids is 1. The number of hydrogen-bond donors (Lipinski definition) is 0. The topological polar surface area (TPSA) is 63.6 Å². The summed E-state index contributed by atoms with van der Waals surface area (Å²) >= 11 is 6.34. The zero-order chi connectivity index (χ0) is 21.0. The Bertz CT molecular complexity index is 1260. The highest BCUT2D eigenvalue weighted by Crippen LogP contribution is 2.37. The minimum atomic E-state index is -4.70. The van der Waals surface area contributed by atoms with Gasteiger partial charge in [0.25, 0.3) is 5.91 Å². The lowest BCUT2D eigenvalue weighted by molar-refractivity contribution is -0.136. The van der Waals surface area contributed by atoms with Crippen LogP contribution >= 0.6 is 11.6 Å². The highest BCUT2D eigenvalue weighted by Gasteiger charge is 2.37. The molecule has 30 heavy (non-hydrogen) atoms. The van der Waals surface area contributed by atoms with Crippen LogP contribution in [0.3, 0.4) is 0 Å². The van der Waals surface area contributed by atoms with Crippen LogP contribution in [0.25, 0.3) is 17.0 Å². The molecule has 0 aliphatic carbocycles. The van der Waals surface area contributed by atoms with E-state index in [2.05, 4.69) is 9.97 Å². The first kappa shape index (κ1) is 18.7. The molecule has 0 atom stereocenters. The lowest BCUT2D eigenvalue weighted by Crippen LogP contribution is -2.26. The van der Waals surface area contributed by atoms with Crippen LogP contribution in [0.2, 0.25) is 5.15 Å². The highest BCUT2D eigenvalue weighted by atomic mass is 35.5. The van der Waals surface area contributed by atoms with Gasteiger partial charge in [-0.25, -0.2) is 4.98 Å². The van der Waals surface area contributed by atoms with E-state index in [9.17, 15) is 18.0 Å². The van der Waals surface area contributed by atoms with Crippen LogP contribution in [-0.4, -0.2) is 25.2 Å². The summed E-state index contributed by atoms with van der Waals surface area (Å²) < 4.78 is 47.5. The van der Waals surface area contributed by atoms with Crippen LogP contribution in [-0.2, 0) is 19.3 Å². The Hall–Kier alpha value is -3.33. The smallest absolute Gasteiger partial charge is 0.420 e. The number of halogens is 4. The number of rotatable bonds is 2. The molecule has 4 aromatic rings. The number of amides is 1. The van der Waals surface area contributed by atoms with Gasteiger partial charge in [-0.2, -0.15) is 13.2 Å². The van der Waals surface area contributed by atoms with Crippen molar-refractivity contribution in [3.63, 3.8) is 0 Å². The van der Waals surface area contributed by atoms with Crippen molar-refractivity contribution in [2.45, 2.75) is 19.3 Å². The van der Waals surface area contributed by atoms with Crippen LogP contribution in [0.4, 0.5) is 13.2 Å². The van der Waals surface area contributed by atoms with E-state index < -0.39 is 23.3 Å². The van der Waals surface area contributed by atoms with Crippen molar-refractivity contribution < 1.29 is 22.4 Å². The van der Waals surface area contributed by atoms with Gasteiger partial charge in [0.15, 0.2) is 11.3 Å². The number of carbonyl (C=O) groups is 1. The van der Waals surface area contributed by atoms with Crippen LogP contribution < -0.4 is 0 Å². The Morgan fingerprint density at radius 1 is 1.20 bits per heavy atom. The van der Waals surface area contributed by atoms with Crippen LogP contribution in [0.15, 0.2) is 53.4 Å². The van der Waals surface area contributed by atoms with Gasteiger partial charge < -0.3 is 9.32 Å². The van der Waals surface area contributed by atoms with Gasteiger partial charge in [0, 0.05) is 24.5 Å². The maximum absolute atomic E-state index is 13.7. The lowest BCUT2D eigenvalue weighted by Gasteiger charge is -2.13. The summed E-state index contributed by atoms with van der Waals surface area (Å²) in [5.41, 5.74) is 0.0795. The van der Waals surface area contributed by atoms with E-state index in [0.29, 0.717) is 0 Å². The Labute approximate surface area is 172 Å². The zero-order valence-electron chi connectivity index (χ0n) is 15.2. The van der Waals surface area contributed by atoms with Crippen LogP contribution in [0.5, 0.6) is 0 Å². The molecule has 6 nitrogen and oxygen atoms in total. The molecular weight excluding hydrogens is 421 g/mol. The summed E-state index contributed by atoms with van der Waals surface area (Å²) in [5, 5.41) is -0.196.